The number of imidazole rings is 1. The zero-order chi connectivity index (χ0) is 12.5. The van der Waals surface area contributed by atoms with Crippen LogP contribution in [0.2, 0.25) is 0 Å². The van der Waals surface area contributed by atoms with E-state index in [0.29, 0.717) is 22.6 Å². The minimum atomic E-state index is -0.346. The summed E-state index contributed by atoms with van der Waals surface area (Å²) in [6, 6.07) is 11.5. The van der Waals surface area contributed by atoms with E-state index in [2.05, 4.69) is 4.98 Å². The van der Waals surface area contributed by atoms with Crippen LogP contribution in [0.5, 0.6) is 0 Å². The fourth-order valence-electron chi connectivity index (χ4n) is 1.98. The summed E-state index contributed by atoms with van der Waals surface area (Å²) >= 11 is 0. The SMILES string of the molecule is O=Cc1c(-c2cccc(F)c2)nc2ccccn12. The van der Waals surface area contributed by atoms with E-state index in [0.717, 1.165) is 6.29 Å². The van der Waals surface area contributed by atoms with Crippen molar-refractivity contribution in [1.82, 2.24) is 9.38 Å². The summed E-state index contributed by atoms with van der Waals surface area (Å²) in [6.07, 6.45) is 2.50. The van der Waals surface area contributed by atoms with Crippen molar-refractivity contribution in [2.75, 3.05) is 0 Å². The molecule has 0 unspecified atom stereocenters. The number of hydrogen-bond acceptors (Lipinski definition) is 2. The van der Waals surface area contributed by atoms with E-state index < -0.39 is 0 Å². The lowest BCUT2D eigenvalue weighted by Gasteiger charge is -1.98. The van der Waals surface area contributed by atoms with Crippen LogP contribution >= 0.6 is 0 Å². The molecule has 0 radical (unpaired) electrons. The van der Waals surface area contributed by atoms with Crippen LogP contribution in [0.1, 0.15) is 10.5 Å². The summed E-state index contributed by atoms with van der Waals surface area (Å²) in [6.45, 7) is 0. The molecular formula is C14H9FN2O. The van der Waals surface area contributed by atoms with E-state index in [9.17, 15) is 9.18 Å². The van der Waals surface area contributed by atoms with E-state index in [4.69, 9.17) is 0 Å². The average Bonchev–Trinajstić information content (AvgIpc) is 2.77. The number of halogens is 1. The number of fused-ring (bicyclic) bond motifs is 1. The second kappa shape index (κ2) is 4.07. The molecule has 0 aliphatic heterocycles. The lowest BCUT2D eigenvalue weighted by atomic mass is 10.1. The van der Waals surface area contributed by atoms with Crippen molar-refractivity contribution in [3.63, 3.8) is 0 Å². The van der Waals surface area contributed by atoms with Gasteiger partial charge in [0.15, 0.2) is 6.29 Å². The van der Waals surface area contributed by atoms with Crippen LogP contribution in [0, 0.1) is 5.82 Å². The molecule has 2 aromatic heterocycles. The number of aldehydes is 1. The first kappa shape index (κ1) is 10.7. The molecule has 0 saturated carbocycles. The van der Waals surface area contributed by atoms with Gasteiger partial charge in [0.25, 0.3) is 0 Å². The van der Waals surface area contributed by atoms with Crippen LogP contribution in [0.15, 0.2) is 48.7 Å². The molecule has 0 atom stereocenters. The largest absolute Gasteiger partial charge is 0.297 e. The minimum absolute atomic E-state index is 0.346. The normalized spacial score (nSPS) is 10.7. The number of aromatic nitrogens is 2. The molecule has 1 aromatic carbocycles. The average molecular weight is 240 g/mol. The highest BCUT2D eigenvalue weighted by molar-refractivity contribution is 5.86. The molecular weight excluding hydrogens is 231 g/mol. The van der Waals surface area contributed by atoms with E-state index in [-0.39, 0.29) is 5.82 Å². The maximum atomic E-state index is 13.2. The fraction of sp³-hybridized carbons (Fsp3) is 0. The predicted octanol–water partition coefficient (Wildman–Crippen LogP) is 2.95. The third kappa shape index (κ3) is 1.59. The number of benzene rings is 1. The van der Waals surface area contributed by atoms with Gasteiger partial charge < -0.3 is 0 Å². The highest BCUT2D eigenvalue weighted by atomic mass is 19.1. The van der Waals surface area contributed by atoms with Crippen molar-refractivity contribution >= 4 is 11.9 Å². The number of carbonyl (C=O) groups is 1. The second-order valence-corrected chi connectivity index (χ2v) is 3.90. The van der Waals surface area contributed by atoms with Crippen LogP contribution in [-0.2, 0) is 0 Å². The number of pyridine rings is 1. The summed E-state index contributed by atoms with van der Waals surface area (Å²) < 4.78 is 14.9. The Kier molecular flexibility index (Phi) is 2.41. The molecule has 0 N–H and O–H groups in total. The Hall–Kier alpha value is -2.49. The molecule has 4 heteroatoms. The van der Waals surface area contributed by atoms with Crippen LogP contribution in [0.25, 0.3) is 16.9 Å². The Morgan fingerprint density at radius 1 is 1.17 bits per heavy atom. The molecule has 0 aliphatic carbocycles. The van der Waals surface area contributed by atoms with Gasteiger partial charge in [-0.2, -0.15) is 0 Å². The van der Waals surface area contributed by atoms with Crippen molar-refractivity contribution < 1.29 is 9.18 Å². The summed E-state index contributed by atoms with van der Waals surface area (Å²) in [7, 11) is 0. The molecule has 3 rings (SSSR count). The summed E-state index contributed by atoms with van der Waals surface area (Å²) in [5, 5.41) is 0. The van der Waals surface area contributed by atoms with Crippen molar-refractivity contribution in [3.05, 3.63) is 60.2 Å². The van der Waals surface area contributed by atoms with Gasteiger partial charge in [-0.25, -0.2) is 9.37 Å². The number of carbonyl (C=O) groups excluding carboxylic acids is 1. The molecule has 2 heterocycles. The van der Waals surface area contributed by atoms with Crippen LogP contribution in [-0.4, -0.2) is 15.7 Å². The van der Waals surface area contributed by atoms with Crippen molar-refractivity contribution in [3.8, 4) is 11.3 Å². The topological polar surface area (TPSA) is 34.4 Å². The maximum absolute atomic E-state index is 13.2. The van der Waals surface area contributed by atoms with Crippen molar-refractivity contribution in [1.29, 1.82) is 0 Å². The quantitative estimate of drug-likeness (QED) is 0.645. The fourth-order valence-corrected chi connectivity index (χ4v) is 1.98. The summed E-state index contributed by atoms with van der Waals surface area (Å²) in [4.78, 5) is 15.6. The van der Waals surface area contributed by atoms with Crippen molar-refractivity contribution in [2.24, 2.45) is 0 Å². The molecule has 18 heavy (non-hydrogen) atoms. The third-order valence-electron chi connectivity index (χ3n) is 2.78. The van der Waals surface area contributed by atoms with Crippen molar-refractivity contribution in [2.45, 2.75) is 0 Å². The molecule has 3 aromatic rings. The lowest BCUT2D eigenvalue weighted by molar-refractivity contribution is 0.111. The van der Waals surface area contributed by atoms with Gasteiger partial charge in [-0.3, -0.25) is 9.20 Å². The van der Waals surface area contributed by atoms with Gasteiger partial charge in [0, 0.05) is 11.8 Å². The van der Waals surface area contributed by atoms with E-state index in [1.54, 1.807) is 28.8 Å². The molecule has 0 spiro atoms. The molecule has 0 aliphatic rings. The highest BCUT2D eigenvalue weighted by Gasteiger charge is 2.13. The maximum Gasteiger partial charge on any atom is 0.169 e. The Balaban J connectivity index is 2.32. The number of hydrogen-bond donors (Lipinski definition) is 0. The van der Waals surface area contributed by atoms with Gasteiger partial charge in [-0.05, 0) is 24.3 Å². The molecule has 0 saturated heterocycles. The predicted molar refractivity (Wildman–Crippen MR) is 66.0 cm³/mol. The van der Waals surface area contributed by atoms with Gasteiger partial charge in [-0.15, -0.1) is 0 Å². The Labute approximate surface area is 103 Å². The van der Waals surface area contributed by atoms with E-state index >= 15 is 0 Å². The number of nitrogens with zero attached hydrogens (tertiary/aromatic N) is 2. The Bertz CT molecular complexity index is 733. The monoisotopic (exact) mass is 240 g/mol. The number of rotatable bonds is 2. The first-order valence-corrected chi connectivity index (χ1v) is 5.48. The second-order valence-electron chi connectivity index (χ2n) is 3.90. The first-order chi connectivity index (χ1) is 8.79. The van der Waals surface area contributed by atoms with Crippen LogP contribution in [0.3, 0.4) is 0 Å². The van der Waals surface area contributed by atoms with E-state index in [1.807, 2.05) is 12.1 Å². The van der Waals surface area contributed by atoms with Crippen LogP contribution < -0.4 is 0 Å². The zero-order valence-corrected chi connectivity index (χ0v) is 9.38. The molecule has 0 amide bonds. The molecule has 88 valence electrons. The molecule has 3 nitrogen and oxygen atoms in total. The molecule has 0 bridgehead atoms. The Morgan fingerprint density at radius 2 is 2.06 bits per heavy atom. The van der Waals surface area contributed by atoms with Gasteiger partial charge in [-0.1, -0.05) is 18.2 Å². The lowest BCUT2D eigenvalue weighted by Crippen LogP contribution is -1.91. The van der Waals surface area contributed by atoms with Gasteiger partial charge in [0.2, 0.25) is 0 Å². The smallest absolute Gasteiger partial charge is 0.169 e. The van der Waals surface area contributed by atoms with E-state index in [1.165, 1.54) is 12.1 Å². The standard InChI is InChI=1S/C14H9FN2O/c15-11-5-3-4-10(8-11)14-12(9-18)17-7-2-1-6-13(17)16-14/h1-9H. The third-order valence-corrected chi connectivity index (χ3v) is 2.78. The Morgan fingerprint density at radius 3 is 2.83 bits per heavy atom. The first-order valence-electron chi connectivity index (χ1n) is 5.48. The zero-order valence-electron chi connectivity index (χ0n) is 9.38. The van der Waals surface area contributed by atoms with Crippen LogP contribution in [0.4, 0.5) is 4.39 Å². The highest BCUT2D eigenvalue weighted by Crippen LogP contribution is 2.23. The summed E-state index contributed by atoms with van der Waals surface area (Å²) in [5.74, 6) is -0.346. The summed E-state index contributed by atoms with van der Waals surface area (Å²) in [5.41, 5.74) is 2.19. The van der Waals surface area contributed by atoms with Gasteiger partial charge in [0.1, 0.15) is 22.9 Å². The molecule has 0 fully saturated rings. The minimum Gasteiger partial charge on any atom is -0.297 e. The van der Waals surface area contributed by atoms with Gasteiger partial charge >= 0.3 is 0 Å². The van der Waals surface area contributed by atoms with Gasteiger partial charge in [0.05, 0.1) is 0 Å².